The van der Waals surface area contributed by atoms with Gasteiger partial charge in [-0.05, 0) is 56.5 Å². The van der Waals surface area contributed by atoms with Crippen LogP contribution in [-0.2, 0) is 0 Å². The quantitative estimate of drug-likeness (QED) is 0.640. The standard InChI is InChI=1S/C25H30N6O2/c1-26-24(32)17-8-9-22(27-15-17)30-13-10-19(11-14-30)31-12-4-5-18(16-31)23-28-21-7-3-2-6-20(21)25(33)29-23/h2-3,6-9,15,18-19H,4-5,10-14,16H2,1H3,(H,26,32)(H,28,29,33). The van der Waals surface area contributed by atoms with Gasteiger partial charge in [0.1, 0.15) is 11.6 Å². The van der Waals surface area contributed by atoms with Crippen LogP contribution in [0.2, 0.25) is 0 Å². The number of nitrogens with zero attached hydrogens (tertiary/aromatic N) is 4. The van der Waals surface area contributed by atoms with Crippen LogP contribution in [0.15, 0.2) is 47.4 Å². The van der Waals surface area contributed by atoms with E-state index >= 15 is 0 Å². The normalized spacial score (nSPS) is 20.2. The second-order valence-corrected chi connectivity index (χ2v) is 9.00. The molecule has 1 aromatic carbocycles. The molecule has 8 heteroatoms. The Morgan fingerprint density at radius 1 is 1.09 bits per heavy atom. The van der Waals surface area contributed by atoms with Crippen LogP contribution in [0.5, 0.6) is 0 Å². The van der Waals surface area contributed by atoms with E-state index in [1.807, 2.05) is 36.4 Å². The molecule has 1 unspecified atom stereocenters. The van der Waals surface area contributed by atoms with Crippen molar-refractivity contribution < 1.29 is 4.79 Å². The van der Waals surface area contributed by atoms with Gasteiger partial charge in [-0.1, -0.05) is 12.1 Å². The maximum absolute atomic E-state index is 12.5. The van der Waals surface area contributed by atoms with E-state index in [0.29, 0.717) is 17.0 Å². The predicted octanol–water partition coefficient (Wildman–Crippen LogP) is 2.53. The largest absolute Gasteiger partial charge is 0.357 e. The summed E-state index contributed by atoms with van der Waals surface area (Å²) in [4.78, 5) is 41.5. The number of pyridine rings is 1. The highest BCUT2D eigenvalue weighted by Crippen LogP contribution is 2.29. The number of amides is 1. The molecule has 2 fully saturated rings. The van der Waals surface area contributed by atoms with Crippen LogP contribution in [0.25, 0.3) is 10.9 Å². The number of piperidine rings is 2. The number of nitrogens with one attached hydrogen (secondary N) is 2. The van der Waals surface area contributed by atoms with Gasteiger partial charge >= 0.3 is 0 Å². The molecular weight excluding hydrogens is 416 g/mol. The molecule has 2 N–H and O–H groups in total. The van der Waals surface area contributed by atoms with E-state index in [1.54, 1.807) is 13.2 Å². The molecule has 8 nitrogen and oxygen atoms in total. The maximum Gasteiger partial charge on any atom is 0.258 e. The lowest BCUT2D eigenvalue weighted by atomic mass is 9.93. The number of likely N-dealkylation sites (tertiary alicyclic amines) is 1. The van der Waals surface area contributed by atoms with Crippen molar-refractivity contribution in [3.63, 3.8) is 0 Å². The molecule has 2 saturated heterocycles. The molecule has 4 heterocycles. The van der Waals surface area contributed by atoms with Crippen LogP contribution in [0.1, 0.15) is 47.8 Å². The van der Waals surface area contributed by atoms with E-state index < -0.39 is 0 Å². The Morgan fingerprint density at radius 3 is 2.67 bits per heavy atom. The summed E-state index contributed by atoms with van der Waals surface area (Å²) in [6.45, 7) is 3.93. The molecule has 0 spiro atoms. The third-order valence-electron chi connectivity index (χ3n) is 7.01. The van der Waals surface area contributed by atoms with Crippen molar-refractivity contribution >= 4 is 22.6 Å². The van der Waals surface area contributed by atoms with Gasteiger partial charge in [0.15, 0.2) is 0 Å². The smallest absolute Gasteiger partial charge is 0.258 e. The molecule has 3 aromatic rings. The lowest BCUT2D eigenvalue weighted by molar-refractivity contribution is 0.0962. The minimum atomic E-state index is -0.116. The van der Waals surface area contributed by atoms with Crippen molar-refractivity contribution in [2.45, 2.75) is 37.6 Å². The third-order valence-corrected chi connectivity index (χ3v) is 7.01. The minimum Gasteiger partial charge on any atom is -0.357 e. The zero-order valence-electron chi connectivity index (χ0n) is 19.0. The molecule has 0 aliphatic carbocycles. The third kappa shape index (κ3) is 4.48. The first-order chi connectivity index (χ1) is 16.1. The Kier molecular flexibility index (Phi) is 6.09. The van der Waals surface area contributed by atoms with Gasteiger partial charge in [-0.2, -0.15) is 0 Å². The van der Waals surface area contributed by atoms with Crippen molar-refractivity contribution in [1.82, 2.24) is 25.2 Å². The summed E-state index contributed by atoms with van der Waals surface area (Å²) in [7, 11) is 1.62. The van der Waals surface area contributed by atoms with Gasteiger partial charge in [-0.3, -0.25) is 14.5 Å². The first kappa shape index (κ1) is 21.6. The fourth-order valence-electron chi connectivity index (χ4n) is 5.17. The van der Waals surface area contributed by atoms with Gasteiger partial charge in [0.2, 0.25) is 0 Å². The molecule has 0 saturated carbocycles. The average molecular weight is 447 g/mol. The zero-order chi connectivity index (χ0) is 22.8. The Labute approximate surface area is 193 Å². The summed E-state index contributed by atoms with van der Waals surface area (Å²) in [6, 6.07) is 11.8. The fourth-order valence-corrected chi connectivity index (χ4v) is 5.17. The van der Waals surface area contributed by atoms with Crippen LogP contribution in [0, 0.1) is 0 Å². The van der Waals surface area contributed by atoms with E-state index in [-0.39, 0.29) is 17.4 Å². The number of hydrogen-bond acceptors (Lipinski definition) is 6. The molecular formula is C25H30N6O2. The van der Waals surface area contributed by atoms with E-state index in [9.17, 15) is 9.59 Å². The highest BCUT2D eigenvalue weighted by atomic mass is 16.1. The Hall–Kier alpha value is -3.26. The highest BCUT2D eigenvalue weighted by Gasteiger charge is 2.31. The second kappa shape index (κ2) is 9.31. The number of anilines is 1. The van der Waals surface area contributed by atoms with Crippen LogP contribution >= 0.6 is 0 Å². The van der Waals surface area contributed by atoms with Gasteiger partial charge in [0, 0.05) is 44.8 Å². The van der Waals surface area contributed by atoms with Crippen molar-refractivity contribution in [3.05, 3.63) is 64.3 Å². The monoisotopic (exact) mass is 446 g/mol. The summed E-state index contributed by atoms with van der Waals surface area (Å²) in [5.41, 5.74) is 1.31. The summed E-state index contributed by atoms with van der Waals surface area (Å²) in [5, 5.41) is 3.28. The molecule has 33 heavy (non-hydrogen) atoms. The molecule has 2 aliphatic rings. The van der Waals surface area contributed by atoms with E-state index in [4.69, 9.17) is 4.98 Å². The number of hydrogen-bond donors (Lipinski definition) is 2. The van der Waals surface area contributed by atoms with Crippen LogP contribution in [0.3, 0.4) is 0 Å². The number of carbonyl (C=O) groups is 1. The molecule has 1 atom stereocenters. The lowest BCUT2D eigenvalue weighted by Gasteiger charge is -2.42. The Morgan fingerprint density at radius 2 is 1.91 bits per heavy atom. The molecule has 0 radical (unpaired) electrons. The number of fused-ring (bicyclic) bond motifs is 1. The molecule has 172 valence electrons. The van der Waals surface area contributed by atoms with E-state index in [1.165, 1.54) is 0 Å². The topological polar surface area (TPSA) is 94.2 Å². The zero-order valence-corrected chi connectivity index (χ0v) is 19.0. The highest BCUT2D eigenvalue weighted by molar-refractivity contribution is 5.93. The number of carbonyl (C=O) groups excluding carboxylic acids is 1. The van der Waals surface area contributed by atoms with E-state index in [2.05, 4.69) is 25.1 Å². The van der Waals surface area contributed by atoms with Gasteiger partial charge < -0.3 is 15.2 Å². The van der Waals surface area contributed by atoms with Crippen molar-refractivity contribution in [2.75, 3.05) is 38.1 Å². The van der Waals surface area contributed by atoms with Crippen LogP contribution in [-0.4, -0.2) is 65.0 Å². The Bertz CT molecular complexity index is 1180. The second-order valence-electron chi connectivity index (χ2n) is 9.00. The lowest BCUT2D eigenvalue weighted by Crippen LogP contribution is -2.48. The van der Waals surface area contributed by atoms with Gasteiger partial charge in [-0.25, -0.2) is 9.97 Å². The minimum absolute atomic E-state index is 0.0454. The van der Waals surface area contributed by atoms with Crippen molar-refractivity contribution in [1.29, 1.82) is 0 Å². The SMILES string of the molecule is CNC(=O)c1ccc(N2CCC(N3CCCC(c4nc5ccccc5c(=O)[nH]4)C3)CC2)nc1. The molecule has 2 aromatic heterocycles. The Balaban J connectivity index is 1.22. The number of benzene rings is 1. The van der Waals surface area contributed by atoms with Crippen molar-refractivity contribution in [3.8, 4) is 0 Å². The maximum atomic E-state index is 12.5. The number of aromatic amines is 1. The summed E-state index contributed by atoms with van der Waals surface area (Å²) >= 11 is 0. The predicted molar refractivity (Wildman–Crippen MR) is 129 cm³/mol. The number of para-hydroxylation sites is 1. The summed E-state index contributed by atoms with van der Waals surface area (Å²) in [6.07, 6.45) is 5.97. The van der Waals surface area contributed by atoms with E-state index in [0.717, 1.165) is 69.0 Å². The summed E-state index contributed by atoms with van der Waals surface area (Å²) in [5.74, 6) is 1.89. The van der Waals surface area contributed by atoms with Crippen LogP contribution in [0.4, 0.5) is 5.82 Å². The summed E-state index contributed by atoms with van der Waals surface area (Å²) < 4.78 is 0. The first-order valence-corrected chi connectivity index (χ1v) is 11.8. The van der Waals surface area contributed by atoms with Crippen molar-refractivity contribution in [2.24, 2.45) is 0 Å². The van der Waals surface area contributed by atoms with Gasteiger partial charge in [-0.15, -0.1) is 0 Å². The molecule has 2 aliphatic heterocycles. The number of rotatable bonds is 4. The average Bonchev–Trinajstić information content (AvgIpc) is 2.88. The number of H-pyrrole nitrogens is 1. The number of aromatic nitrogens is 3. The molecule has 1 amide bonds. The van der Waals surface area contributed by atoms with Gasteiger partial charge in [0.25, 0.3) is 11.5 Å². The fraction of sp³-hybridized carbons (Fsp3) is 0.440. The molecule has 5 rings (SSSR count). The molecule has 0 bridgehead atoms. The van der Waals surface area contributed by atoms with Crippen LogP contribution < -0.4 is 15.8 Å². The first-order valence-electron chi connectivity index (χ1n) is 11.8. The van der Waals surface area contributed by atoms with Gasteiger partial charge in [0.05, 0.1) is 16.5 Å².